The normalized spacial score (nSPS) is 16.9. The van der Waals surface area contributed by atoms with Gasteiger partial charge in [0.05, 0.1) is 6.42 Å². The van der Waals surface area contributed by atoms with Gasteiger partial charge in [0.1, 0.15) is 0 Å². The van der Waals surface area contributed by atoms with Crippen LogP contribution in [0.15, 0.2) is 24.3 Å². The monoisotopic (exact) mass is 233 g/mol. The van der Waals surface area contributed by atoms with Crippen LogP contribution in [0.5, 0.6) is 0 Å². The summed E-state index contributed by atoms with van der Waals surface area (Å²) in [4.78, 5) is 13.2. The molecule has 1 heterocycles. The number of piperazine rings is 1. The SMILES string of the molecule is NC(=O)Cc1ccc(CN2CCNCC2)cc1. The standard InChI is InChI=1S/C13H19N3O/c14-13(17)9-11-1-3-12(4-2-11)10-16-7-5-15-6-8-16/h1-4,15H,5-10H2,(H2,14,17). The van der Waals surface area contributed by atoms with Gasteiger partial charge in [-0.15, -0.1) is 0 Å². The summed E-state index contributed by atoms with van der Waals surface area (Å²) >= 11 is 0. The van der Waals surface area contributed by atoms with Crippen molar-refractivity contribution in [3.8, 4) is 0 Å². The van der Waals surface area contributed by atoms with Crippen molar-refractivity contribution < 1.29 is 4.79 Å². The van der Waals surface area contributed by atoms with Crippen LogP contribution in [0.1, 0.15) is 11.1 Å². The number of hydrogen-bond acceptors (Lipinski definition) is 3. The molecule has 1 fully saturated rings. The van der Waals surface area contributed by atoms with E-state index >= 15 is 0 Å². The number of carbonyl (C=O) groups excluding carboxylic acids is 1. The van der Waals surface area contributed by atoms with Crippen molar-refractivity contribution in [1.82, 2.24) is 10.2 Å². The molecule has 0 atom stereocenters. The fourth-order valence-corrected chi connectivity index (χ4v) is 2.09. The first kappa shape index (κ1) is 12.1. The Kier molecular flexibility index (Phi) is 4.12. The molecule has 4 heteroatoms. The minimum Gasteiger partial charge on any atom is -0.369 e. The van der Waals surface area contributed by atoms with Gasteiger partial charge >= 0.3 is 0 Å². The summed E-state index contributed by atoms with van der Waals surface area (Å²) in [6, 6.07) is 8.14. The first-order valence-electron chi connectivity index (χ1n) is 6.03. The lowest BCUT2D eigenvalue weighted by molar-refractivity contribution is -0.117. The van der Waals surface area contributed by atoms with Crippen LogP contribution in [0.2, 0.25) is 0 Å². The van der Waals surface area contributed by atoms with Crippen molar-refractivity contribution in [2.45, 2.75) is 13.0 Å². The lowest BCUT2D eigenvalue weighted by atomic mass is 10.1. The zero-order valence-corrected chi connectivity index (χ0v) is 9.98. The highest BCUT2D eigenvalue weighted by atomic mass is 16.1. The van der Waals surface area contributed by atoms with Crippen LogP contribution in [-0.2, 0) is 17.8 Å². The number of hydrogen-bond donors (Lipinski definition) is 2. The van der Waals surface area contributed by atoms with Crippen molar-refractivity contribution in [3.63, 3.8) is 0 Å². The van der Waals surface area contributed by atoms with Gasteiger partial charge in [0.25, 0.3) is 0 Å². The Labute approximate surface area is 102 Å². The van der Waals surface area contributed by atoms with Crippen LogP contribution in [0, 0.1) is 0 Å². The molecule has 0 aliphatic carbocycles. The van der Waals surface area contributed by atoms with Gasteiger partial charge in [-0.1, -0.05) is 24.3 Å². The largest absolute Gasteiger partial charge is 0.369 e. The van der Waals surface area contributed by atoms with E-state index in [4.69, 9.17) is 5.73 Å². The molecule has 1 amide bonds. The van der Waals surface area contributed by atoms with Crippen LogP contribution in [0.4, 0.5) is 0 Å². The molecule has 2 rings (SSSR count). The number of nitrogens with zero attached hydrogens (tertiary/aromatic N) is 1. The second-order valence-electron chi connectivity index (χ2n) is 4.49. The van der Waals surface area contributed by atoms with Crippen molar-refractivity contribution in [3.05, 3.63) is 35.4 Å². The molecule has 0 saturated carbocycles. The van der Waals surface area contributed by atoms with Gasteiger partial charge in [-0.05, 0) is 11.1 Å². The third kappa shape index (κ3) is 3.84. The number of primary amides is 1. The van der Waals surface area contributed by atoms with Crippen molar-refractivity contribution in [2.24, 2.45) is 5.73 Å². The maximum absolute atomic E-state index is 10.8. The molecule has 0 unspecified atom stereocenters. The molecular weight excluding hydrogens is 214 g/mol. The average Bonchev–Trinajstić information content (AvgIpc) is 2.32. The summed E-state index contributed by atoms with van der Waals surface area (Å²) in [7, 11) is 0. The fourth-order valence-electron chi connectivity index (χ4n) is 2.09. The number of nitrogens with two attached hydrogens (primary N) is 1. The van der Waals surface area contributed by atoms with E-state index in [1.165, 1.54) is 5.56 Å². The van der Waals surface area contributed by atoms with Crippen molar-refractivity contribution in [1.29, 1.82) is 0 Å². The second kappa shape index (κ2) is 5.80. The van der Waals surface area contributed by atoms with Gasteiger partial charge in [0.15, 0.2) is 0 Å². The van der Waals surface area contributed by atoms with Crippen LogP contribution in [0.3, 0.4) is 0 Å². The maximum Gasteiger partial charge on any atom is 0.221 e. The summed E-state index contributed by atoms with van der Waals surface area (Å²) in [6.45, 7) is 5.32. The molecule has 0 radical (unpaired) electrons. The Balaban J connectivity index is 1.90. The molecule has 1 saturated heterocycles. The Morgan fingerprint density at radius 1 is 1.18 bits per heavy atom. The van der Waals surface area contributed by atoms with Crippen LogP contribution in [0.25, 0.3) is 0 Å². The number of amides is 1. The highest BCUT2D eigenvalue weighted by Crippen LogP contribution is 2.08. The highest BCUT2D eigenvalue weighted by Gasteiger charge is 2.09. The number of rotatable bonds is 4. The zero-order valence-electron chi connectivity index (χ0n) is 9.98. The maximum atomic E-state index is 10.8. The van der Waals surface area contributed by atoms with Gasteiger partial charge in [-0.2, -0.15) is 0 Å². The second-order valence-corrected chi connectivity index (χ2v) is 4.49. The van der Waals surface area contributed by atoms with Crippen molar-refractivity contribution in [2.75, 3.05) is 26.2 Å². The third-order valence-electron chi connectivity index (χ3n) is 3.02. The molecule has 0 aromatic heterocycles. The van der Waals surface area contributed by atoms with Gasteiger partial charge in [0, 0.05) is 32.7 Å². The molecule has 4 nitrogen and oxygen atoms in total. The lowest BCUT2D eigenvalue weighted by Crippen LogP contribution is -2.42. The Morgan fingerprint density at radius 3 is 2.35 bits per heavy atom. The van der Waals surface area contributed by atoms with Gasteiger partial charge in [0.2, 0.25) is 5.91 Å². The first-order valence-corrected chi connectivity index (χ1v) is 6.03. The predicted octanol–water partition coefficient (Wildman–Crippen LogP) is 0.120. The van der Waals surface area contributed by atoms with Crippen LogP contribution >= 0.6 is 0 Å². The molecular formula is C13H19N3O. The smallest absolute Gasteiger partial charge is 0.221 e. The van der Waals surface area contributed by atoms with E-state index in [9.17, 15) is 4.79 Å². The van der Waals surface area contributed by atoms with E-state index in [1.54, 1.807) is 0 Å². The minimum atomic E-state index is -0.278. The molecule has 17 heavy (non-hydrogen) atoms. The van der Waals surface area contributed by atoms with Gasteiger partial charge in [-0.3, -0.25) is 9.69 Å². The molecule has 1 aromatic carbocycles. The molecule has 3 N–H and O–H groups in total. The highest BCUT2D eigenvalue weighted by molar-refractivity contribution is 5.76. The van der Waals surface area contributed by atoms with Crippen LogP contribution in [-0.4, -0.2) is 37.0 Å². The quantitative estimate of drug-likeness (QED) is 0.776. The molecule has 0 bridgehead atoms. The lowest BCUT2D eigenvalue weighted by Gasteiger charge is -2.27. The first-order chi connectivity index (χ1) is 8.24. The van der Waals surface area contributed by atoms with Gasteiger partial charge in [-0.25, -0.2) is 0 Å². The third-order valence-corrected chi connectivity index (χ3v) is 3.02. The number of nitrogens with one attached hydrogen (secondary N) is 1. The van der Waals surface area contributed by atoms with Gasteiger partial charge < -0.3 is 11.1 Å². The molecule has 1 aliphatic rings. The van der Waals surface area contributed by atoms with E-state index < -0.39 is 0 Å². The summed E-state index contributed by atoms with van der Waals surface area (Å²) in [6.07, 6.45) is 0.327. The predicted molar refractivity (Wildman–Crippen MR) is 67.5 cm³/mol. The Hall–Kier alpha value is -1.39. The van der Waals surface area contributed by atoms with E-state index in [-0.39, 0.29) is 5.91 Å². The summed E-state index contributed by atoms with van der Waals surface area (Å²) < 4.78 is 0. The summed E-state index contributed by atoms with van der Waals surface area (Å²) in [5.41, 5.74) is 7.44. The Bertz CT molecular complexity index is 369. The van der Waals surface area contributed by atoms with Crippen LogP contribution < -0.4 is 11.1 Å². The van der Waals surface area contributed by atoms with E-state index in [2.05, 4.69) is 22.3 Å². The van der Waals surface area contributed by atoms with E-state index in [1.807, 2.05) is 12.1 Å². The summed E-state index contributed by atoms with van der Waals surface area (Å²) in [5.74, 6) is -0.278. The topological polar surface area (TPSA) is 58.4 Å². The Morgan fingerprint density at radius 2 is 1.76 bits per heavy atom. The molecule has 1 aliphatic heterocycles. The fraction of sp³-hybridized carbons (Fsp3) is 0.462. The number of benzene rings is 1. The average molecular weight is 233 g/mol. The number of carbonyl (C=O) groups is 1. The molecule has 0 spiro atoms. The minimum absolute atomic E-state index is 0.278. The summed E-state index contributed by atoms with van der Waals surface area (Å²) in [5, 5.41) is 3.34. The molecule has 92 valence electrons. The van der Waals surface area contributed by atoms with E-state index in [0.717, 1.165) is 38.3 Å². The van der Waals surface area contributed by atoms with E-state index in [0.29, 0.717) is 6.42 Å². The molecule has 1 aromatic rings. The zero-order chi connectivity index (χ0) is 12.1. The van der Waals surface area contributed by atoms with Crippen molar-refractivity contribution >= 4 is 5.91 Å².